The highest BCUT2D eigenvalue weighted by Gasteiger charge is 2.33. The predicted molar refractivity (Wildman–Crippen MR) is 86.1 cm³/mol. The van der Waals surface area contributed by atoms with Crippen LogP contribution in [0.4, 0.5) is 4.79 Å². The lowest BCUT2D eigenvalue weighted by atomic mass is 9.98. The minimum absolute atomic E-state index is 0.0537. The van der Waals surface area contributed by atoms with E-state index >= 15 is 0 Å². The Morgan fingerprint density at radius 1 is 1.27 bits per heavy atom. The fourth-order valence-electron chi connectivity index (χ4n) is 2.82. The van der Waals surface area contributed by atoms with Gasteiger partial charge in [0.25, 0.3) is 0 Å². The Kier molecular flexibility index (Phi) is 4.89. The number of aryl methyl sites for hydroxylation is 1. The Balaban J connectivity index is 2.04. The van der Waals surface area contributed by atoms with Crippen molar-refractivity contribution < 1.29 is 14.3 Å². The lowest BCUT2D eigenvalue weighted by Gasteiger charge is -2.28. The van der Waals surface area contributed by atoms with Crippen molar-refractivity contribution >= 4 is 11.9 Å². The van der Waals surface area contributed by atoms with E-state index in [0.29, 0.717) is 13.0 Å². The summed E-state index contributed by atoms with van der Waals surface area (Å²) in [5.41, 5.74) is 1.22. The van der Waals surface area contributed by atoms with E-state index in [1.54, 1.807) is 4.90 Å². The highest BCUT2D eigenvalue weighted by molar-refractivity contribution is 5.98. The van der Waals surface area contributed by atoms with Crippen LogP contribution in [0.5, 0.6) is 0 Å². The number of hydrogen-bond acceptors (Lipinski definition) is 3. The average Bonchev–Trinajstić information content (AvgIpc) is 2.85. The summed E-state index contributed by atoms with van der Waals surface area (Å²) in [7, 11) is 0. The zero-order chi connectivity index (χ0) is 16.3. The first-order valence-electron chi connectivity index (χ1n) is 7.86. The molecule has 0 radical (unpaired) electrons. The second kappa shape index (κ2) is 6.51. The van der Waals surface area contributed by atoms with Crippen LogP contribution in [-0.2, 0) is 4.74 Å². The van der Waals surface area contributed by atoms with Crippen molar-refractivity contribution in [2.45, 2.75) is 58.6 Å². The molecule has 1 aromatic rings. The number of nitrogens with zero attached hydrogens (tertiary/aromatic N) is 1. The highest BCUT2D eigenvalue weighted by atomic mass is 16.6. The molecule has 4 heteroatoms. The fourth-order valence-corrected chi connectivity index (χ4v) is 2.82. The van der Waals surface area contributed by atoms with Crippen LogP contribution >= 0.6 is 0 Å². The lowest BCUT2D eigenvalue weighted by molar-refractivity contribution is 0.0223. The Labute approximate surface area is 132 Å². The first kappa shape index (κ1) is 16.5. The molecule has 0 N–H and O–H groups in total. The van der Waals surface area contributed by atoms with Crippen LogP contribution in [0.25, 0.3) is 0 Å². The normalized spacial score (nSPS) is 18.4. The van der Waals surface area contributed by atoms with Gasteiger partial charge in [-0.25, -0.2) is 4.79 Å². The Bertz CT molecular complexity index is 560. The minimum Gasteiger partial charge on any atom is -0.444 e. The molecule has 0 spiro atoms. The molecule has 1 fully saturated rings. The van der Waals surface area contributed by atoms with Crippen LogP contribution in [0.1, 0.15) is 56.0 Å². The summed E-state index contributed by atoms with van der Waals surface area (Å²) in [6, 6.07) is 7.54. The largest absolute Gasteiger partial charge is 0.444 e. The van der Waals surface area contributed by atoms with Gasteiger partial charge in [-0.1, -0.05) is 24.3 Å². The van der Waals surface area contributed by atoms with E-state index in [2.05, 4.69) is 0 Å². The van der Waals surface area contributed by atoms with E-state index in [1.807, 2.05) is 52.0 Å². The summed E-state index contributed by atoms with van der Waals surface area (Å²) >= 11 is 0. The molecule has 120 valence electrons. The van der Waals surface area contributed by atoms with Crippen LogP contribution in [0.15, 0.2) is 24.3 Å². The lowest BCUT2D eigenvalue weighted by Crippen LogP contribution is -2.40. The molecule has 0 bridgehead atoms. The molecule has 1 saturated heterocycles. The van der Waals surface area contributed by atoms with Crippen molar-refractivity contribution in [3.8, 4) is 0 Å². The number of ketones is 1. The molecule has 0 saturated carbocycles. The van der Waals surface area contributed by atoms with Crippen molar-refractivity contribution in [1.82, 2.24) is 4.90 Å². The molecule has 1 amide bonds. The Morgan fingerprint density at radius 3 is 2.59 bits per heavy atom. The van der Waals surface area contributed by atoms with Crippen molar-refractivity contribution in [3.05, 3.63) is 35.4 Å². The third-order valence-electron chi connectivity index (χ3n) is 3.87. The molecular weight excluding hydrogens is 278 g/mol. The number of Topliss-reactive ketones (excluding diaryl/α,β-unsaturated/α-hetero) is 1. The molecule has 0 aliphatic carbocycles. The second-order valence-electron chi connectivity index (χ2n) is 6.91. The van der Waals surface area contributed by atoms with Gasteiger partial charge in [-0.05, 0) is 46.1 Å². The number of carbonyl (C=O) groups is 2. The van der Waals surface area contributed by atoms with E-state index in [0.717, 1.165) is 24.0 Å². The minimum atomic E-state index is -0.510. The van der Waals surface area contributed by atoms with Gasteiger partial charge in [-0.15, -0.1) is 0 Å². The fraction of sp³-hybridized carbons (Fsp3) is 0.556. The van der Waals surface area contributed by atoms with Crippen molar-refractivity contribution in [3.63, 3.8) is 0 Å². The van der Waals surface area contributed by atoms with E-state index in [-0.39, 0.29) is 17.9 Å². The van der Waals surface area contributed by atoms with Gasteiger partial charge in [-0.3, -0.25) is 4.79 Å². The number of benzene rings is 1. The summed E-state index contributed by atoms with van der Waals surface area (Å²) in [6.45, 7) is 8.17. The first-order valence-corrected chi connectivity index (χ1v) is 7.86. The Hall–Kier alpha value is -1.84. The van der Waals surface area contributed by atoms with Crippen LogP contribution in [0, 0.1) is 6.92 Å². The summed E-state index contributed by atoms with van der Waals surface area (Å²) in [6.07, 6.45) is 1.83. The van der Waals surface area contributed by atoms with Gasteiger partial charge >= 0.3 is 6.09 Å². The topological polar surface area (TPSA) is 46.6 Å². The van der Waals surface area contributed by atoms with Crippen LogP contribution in [-0.4, -0.2) is 35.0 Å². The van der Waals surface area contributed by atoms with Crippen LogP contribution < -0.4 is 0 Å². The number of carbonyl (C=O) groups excluding carboxylic acids is 2. The third-order valence-corrected chi connectivity index (χ3v) is 3.87. The van der Waals surface area contributed by atoms with Gasteiger partial charge in [0.05, 0.1) is 0 Å². The molecule has 22 heavy (non-hydrogen) atoms. The number of likely N-dealkylation sites (tertiary alicyclic amines) is 1. The van der Waals surface area contributed by atoms with Gasteiger partial charge in [0.2, 0.25) is 0 Å². The maximum atomic E-state index is 12.5. The molecular formula is C18H25NO3. The smallest absolute Gasteiger partial charge is 0.410 e. The van der Waals surface area contributed by atoms with Gasteiger partial charge in [0.15, 0.2) is 5.78 Å². The maximum Gasteiger partial charge on any atom is 0.410 e. The standard InChI is InChI=1S/C18H25NO3/c1-13-8-5-6-10-15(13)16(20)12-14-9-7-11-19(14)17(21)22-18(2,3)4/h5-6,8,10,14H,7,9,11-12H2,1-4H3. The summed E-state index contributed by atoms with van der Waals surface area (Å²) < 4.78 is 5.44. The van der Waals surface area contributed by atoms with Crippen molar-refractivity contribution in [1.29, 1.82) is 0 Å². The van der Waals surface area contributed by atoms with Crippen molar-refractivity contribution in [2.24, 2.45) is 0 Å². The molecule has 1 atom stereocenters. The van der Waals surface area contributed by atoms with Gasteiger partial charge in [0, 0.05) is 24.6 Å². The van der Waals surface area contributed by atoms with Crippen LogP contribution in [0.3, 0.4) is 0 Å². The third kappa shape index (κ3) is 4.09. The van der Waals surface area contributed by atoms with E-state index in [4.69, 9.17) is 4.74 Å². The molecule has 1 aromatic carbocycles. The maximum absolute atomic E-state index is 12.5. The average molecular weight is 303 g/mol. The molecule has 1 heterocycles. The number of rotatable bonds is 3. The molecule has 0 aromatic heterocycles. The van der Waals surface area contributed by atoms with E-state index < -0.39 is 5.60 Å². The predicted octanol–water partition coefficient (Wildman–Crippen LogP) is 3.97. The number of amides is 1. The first-order chi connectivity index (χ1) is 10.3. The van der Waals surface area contributed by atoms with Gasteiger partial charge < -0.3 is 9.64 Å². The van der Waals surface area contributed by atoms with E-state index in [9.17, 15) is 9.59 Å². The Morgan fingerprint density at radius 2 is 1.95 bits per heavy atom. The molecule has 4 nitrogen and oxygen atoms in total. The van der Waals surface area contributed by atoms with E-state index in [1.165, 1.54) is 0 Å². The molecule has 2 rings (SSSR count). The quantitative estimate of drug-likeness (QED) is 0.794. The molecule has 1 aliphatic heterocycles. The molecule has 1 unspecified atom stereocenters. The zero-order valence-electron chi connectivity index (χ0n) is 13.9. The summed E-state index contributed by atoms with van der Waals surface area (Å²) in [5.74, 6) is 0.0959. The number of ether oxygens (including phenoxy) is 1. The zero-order valence-corrected chi connectivity index (χ0v) is 13.9. The monoisotopic (exact) mass is 303 g/mol. The summed E-state index contributed by atoms with van der Waals surface area (Å²) in [5, 5.41) is 0. The van der Waals surface area contributed by atoms with Crippen molar-refractivity contribution in [2.75, 3.05) is 6.54 Å². The van der Waals surface area contributed by atoms with Gasteiger partial charge in [0.1, 0.15) is 5.60 Å². The van der Waals surface area contributed by atoms with Gasteiger partial charge in [-0.2, -0.15) is 0 Å². The second-order valence-corrected chi connectivity index (χ2v) is 6.91. The van der Waals surface area contributed by atoms with Crippen LogP contribution in [0.2, 0.25) is 0 Å². The number of hydrogen-bond donors (Lipinski definition) is 0. The SMILES string of the molecule is Cc1ccccc1C(=O)CC1CCCN1C(=O)OC(C)(C)C. The highest BCUT2D eigenvalue weighted by Crippen LogP contribution is 2.25. The molecule has 1 aliphatic rings. The summed E-state index contributed by atoms with van der Waals surface area (Å²) in [4.78, 5) is 26.5.